The normalized spacial score (nSPS) is 11.2. The molecule has 0 aliphatic carbocycles. The first kappa shape index (κ1) is 18.1. The van der Waals surface area contributed by atoms with Crippen molar-refractivity contribution in [3.63, 3.8) is 0 Å². The quantitative estimate of drug-likeness (QED) is 0.750. The molecule has 0 aliphatic rings. The van der Waals surface area contributed by atoms with E-state index in [2.05, 4.69) is 32.9 Å². The van der Waals surface area contributed by atoms with E-state index in [-0.39, 0.29) is 11.3 Å². The largest absolute Gasteiger partial charge is 0.457 e. The first-order valence-electron chi connectivity index (χ1n) is 8.53. The highest BCUT2D eigenvalue weighted by Gasteiger charge is 2.14. The highest BCUT2D eigenvalue weighted by Crippen LogP contribution is 2.27. The molecule has 128 valence electrons. The Labute approximate surface area is 145 Å². The minimum Gasteiger partial charge on any atom is -0.457 e. The van der Waals surface area contributed by atoms with Crippen molar-refractivity contribution >= 4 is 5.91 Å². The lowest BCUT2D eigenvalue weighted by Crippen LogP contribution is -2.30. The van der Waals surface area contributed by atoms with Crippen LogP contribution in [0.4, 0.5) is 0 Å². The van der Waals surface area contributed by atoms with Crippen molar-refractivity contribution < 1.29 is 9.53 Å². The molecule has 3 heteroatoms. The van der Waals surface area contributed by atoms with Gasteiger partial charge in [0.05, 0.1) is 0 Å². The molecule has 0 unspecified atom stereocenters. The number of rotatable bonds is 5. The van der Waals surface area contributed by atoms with Gasteiger partial charge in [-0.25, -0.2) is 0 Å². The van der Waals surface area contributed by atoms with Crippen LogP contribution < -0.4 is 4.74 Å². The van der Waals surface area contributed by atoms with Crippen molar-refractivity contribution in [2.24, 2.45) is 0 Å². The molecule has 2 aromatic carbocycles. The Morgan fingerprint density at radius 2 is 1.33 bits per heavy atom. The zero-order valence-electron chi connectivity index (χ0n) is 15.3. The summed E-state index contributed by atoms with van der Waals surface area (Å²) in [5.74, 6) is 1.58. The third-order valence-corrected chi connectivity index (χ3v) is 4.11. The maximum absolute atomic E-state index is 12.3. The van der Waals surface area contributed by atoms with Gasteiger partial charge in [-0.1, -0.05) is 32.9 Å². The van der Waals surface area contributed by atoms with Gasteiger partial charge in [0.25, 0.3) is 5.91 Å². The highest BCUT2D eigenvalue weighted by atomic mass is 16.5. The van der Waals surface area contributed by atoms with E-state index in [0.717, 1.165) is 11.5 Å². The number of benzene rings is 2. The Morgan fingerprint density at radius 1 is 0.875 bits per heavy atom. The third kappa shape index (κ3) is 4.38. The molecule has 0 aliphatic heterocycles. The lowest BCUT2D eigenvalue weighted by molar-refractivity contribution is 0.0773. The van der Waals surface area contributed by atoms with Crippen molar-refractivity contribution in [3.8, 4) is 11.5 Å². The van der Waals surface area contributed by atoms with E-state index in [0.29, 0.717) is 18.7 Å². The summed E-state index contributed by atoms with van der Waals surface area (Å²) in [4.78, 5) is 14.1. The van der Waals surface area contributed by atoms with E-state index in [9.17, 15) is 4.79 Å². The molecule has 24 heavy (non-hydrogen) atoms. The standard InChI is InChI=1S/C21H27NO2/c1-6-22(7-2)20(23)16-8-12-18(13-9-16)24-19-14-10-17(11-15-19)21(3,4)5/h8-15H,6-7H2,1-5H3. The molecule has 2 aromatic rings. The Balaban J connectivity index is 2.08. The second-order valence-corrected chi connectivity index (χ2v) is 6.88. The number of carbonyl (C=O) groups is 1. The summed E-state index contributed by atoms with van der Waals surface area (Å²) >= 11 is 0. The molecule has 0 fully saturated rings. The van der Waals surface area contributed by atoms with Gasteiger partial charge < -0.3 is 9.64 Å². The number of hydrogen-bond donors (Lipinski definition) is 0. The molecule has 1 amide bonds. The lowest BCUT2D eigenvalue weighted by Gasteiger charge is -2.19. The van der Waals surface area contributed by atoms with E-state index in [4.69, 9.17) is 4.74 Å². The number of carbonyl (C=O) groups excluding carboxylic acids is 1. The minimum atomic E-state index is 0.0566. The van der Waals surface area contributed by atoms with E-state index in [1.165, 1.54) is 5.56 Å². The van der Waals surface area contributed by atoms with Crippen LogP contribution >= 0.6 is 0 Å². The van der Waals surface area contributed by atoms with Crippen molar-refractivity contribution in [1.29, 1.82) is 0 Å². The Bertz CT molecular complexity index is 662. The second kappa shape index (κ2) is 7.52. The predicted molar refractivity (Wildman–Crippen MR) is 98.9 cm³/mol. The van der Waals surface area contributed by atoms with Crippen LogP contribution in [0.2, 0.25) is 0 Å². The van der Waals surface area contributed by atoms with E-state index in [1.54, 1.807) is 4.90 Å². The van der Waals surface area contributed by atoms with Crippen LogP contribution in [0.5, 0.6) is 11.5 Å². The van der Waals surface area contributed by atoms with Gasteiger partial charge in [0.1, 0.15) is 11.5 Å². The lowest BCUT2D eigenvalue weighted by atomic mass is 9.87. The van der Waals surface area contributed by atoms with Crippen LogP contribution in [0.1, 0.15) is 50.5 Å². The summed E-state index contributed by atoms with van der Waals surface area (Å²) in [5.41, 5.74) is 2.09. The molecule has 0 spiro atoms. The summed E-state index contributed by atoms with van der Waals surface area (Å²) in [5, 5.41) is 0. The molecule has 0 aromatic heterocycles. The molecule has 0 saturated heterocycles. The molecule has 0 bridgehead atoms. The molecule has 0 saturated carbocycles. The van der Waals surface area contributed by atoms with Crippen LogP contribution in [-0.2, 0) is 5.41 Å². The monoisotopic (exact) mass is 325 g/mol. The molecule has 0 N–H and O–H groups in total. The number of ether oxygens (including phenoxy) is 1. The Hall–Kier alpha value is -2.29. The van der Waals surface area contributed by atoms with Gasteiger partial charge in [0.2, 0.25) is 0 Å². The van der Waals surface area contributed by atoms with E-state index < -0.39 is 0 Å². The molecule has 2 rings (SSSR count). The van der Waals surface area contributed by atoms with Crippen LogP contribution in [0.3, 0.4) is 0 Å². The smallest absolute Gasteiger partial charge is 0.253 e. The summed E-state index contributed by atoms with van der Waals surface area (Å²) in [6, 6.07) is 15.5. The highest BCUT2D eigenvalue weighted by molar-refractivity contribution is 5.94. The number of amides is 1. The van der Waals surface area contributed by atoms with Crippen molar-refractivity contribution in [2.45, 2.75) is 40.0 Å². The van der Waals surface area contributed by atoms with Gasteiger partial charge in [-0.2, -0.15) is 0 Å². The summed E-state index contributed by atoms with van der Waals surface area (Å²) in [6.45, 7) is 12.0. The van der Waals surface area contributed by atoms with Crippen LogP contribution in [0.15, 0.2) is 48.5 Å². The molecule has 3 nitrogen and oxygen atoms in total. The van der Waals surface area contributed by atoms with E-state index >= 15 is 0 Å². The summed E-state index contributed by atoms with van der Waals surface area (Å²) in [7, 11) is 0. The fourth-order valence-corrected chi connectivity index (χ4v) is 2.52. The van der Waals surface area contributed by atoms with Gasteiger partial charge in [-0.3, -0.25) is 4.79 Å². The van der Waals surface area contributed by atoms with Gasteiger partial charge in [0.15, 0.2) is 0 Å². The zero-order valence-corrected chi connectivity index (χ0v) is 15.3. The predicted octanol–water partition coefficient (Wildman–Crippen LogP) is 5.26. The van der Waals surface area contributed by atoms with Crippen LogP contribution in [0.25, 0.3) is 0 Å². The van der Waals surface area contributed by atoms with Crippen LogP contribution in [-0.4, -0.2) is 23.9 Å². The van der Waals surface area contributed by atoms with Crippen molar-refractivity contribution in [2.75, 3.05) is 13.1 Å². The summed E-state index contributed by atoms with van der Waals surface area (Å²) in [6.07, 6.45) is 0. The van der Waals surface area contributed by atoms with Crippen LogP contribution in [0, 0.1) is 0 Å². The fourth-order valence-electron chi connectivity index (χ4n) is 2.52. The average Bonchev–Trinajstić information content (AvgIpc) is 2.56. The van der Waals surface area contributed by atoms with Crippen molar-refractivity contribution in [3.05, 3.63) is 59.7 Å². The SMILES string of the molecule is CCN(CC)C(=O)c1ccc(Oc2ccc(C(C)(C)C)cc2)cc1. The number of nitrogens with zero attached hydrogens (tertiary/aromatic N) is 1. The first-order chi connectivity index (χ1) is 11.3. The minimum absolute atomic E-state index is 0.0566. The van der Waals surface area contributed by atoms with Gasteiger partial charge >= 0.3 is 0 Å². The maximum atomic E-state index is 12.3. The Kier molecular flexibility index (Phi) is 5.66. The second-order valence-electron chi connectivity index (χ2n) is 6.88. The molecule has 0 atom stereocenters. The fraction of sp³-hybridized carbons (Fsp3) is 0.381. The van der Waals surface area contributed by atoms with E-state index in [1.807, 2.05) is 50.2 Å². The summed E-state index contributed by atoms with van der Waals surface area (Å²) < 4.78 is 5.87. The van der Waals surface area contributed by atoms with Crippen molar-refractivity contribution in [1.82, 2.24) is 4.90 Å². The Morgan fingerprint density at radius 3 is 1.75 bits per heavy atom. The maximum Gasteiger partial charge on any atom is 0.253 e. The zero-order chi connectivity index (χ0) is 17.7. The molecule has 0 radical (unpaired) electrons. The first-order valence-corrected chi connectivity index (χ1v) is 8.53. The third-order valence-electron chi connectivity index (χ3n) is 4.11. The molecule has 0 heterocycles. The molecular formula is C21H27NO2. The number of hydrogen-bond acceptors (Lipinski definition) is 2. The van der Waals surface area contributed by atoms with Gasteiger partial charge in [-0.15, -0.1) is 0 Å². The topological polar surface area (TPSA) is 29.5 Å². The van der Waals surface area contributed by atoms with Gasteiger partial charge in [0, 0.05) is 18.7 Å². The van der Waals surface area contributed by atoms with Gasteiger partial charge in [-0.05, 0) is 61.2 Å². The average molecular weight is 325 g/mol. The molecular weight excluding hydrogens is 298 g/mol.